The van der Waals surface area contributed by atoms with Crippen LogP contribution < -0.4 is 0 Å². The van der Waals surface area contributed by atoms with E-state index in [1.54, 1.807) is 32.6 Å². The van der Waals surface area contributed by atoms with E-state index in [4.69, 9.17) is 14.4 Å². The van der Waals surface area contributed by atoms with Crippen molar-refractivity contribution < 1.29 is 32.0 Å². The predicted molar refractivity (Wildman–Crippen MR) is 91.1 cm³/mol. The molecule has 2 heterocycles. The van der Waals surface area contributed by atoms with Gasteiger partial charge in [0.05, 0.1) is 16.8 Å². The number of likely N-dealkylation sites (tertiary alicyclic amines) is 1. The summed E-state index contributed by atoms with van der Waals surface area (Å²) in [7, 11) is -1.65. The molecule has 0 aliphatic carbocycles. The van der Waals surface area contributed by atoms with Gasteiger partial charge in [-0.25, -0.2) is 4.39 Å². The summed E-state index contributed by atoms with van der Waals surface area (Å²) in [5, 5.41) is 8.97. The van der Waals surface area contributed by atoms with Crippen molar-refractivity contribution in [1.82, 2.24) is 4.90 Å². The molecule has 2 fully saturated rings. The van der Waals surface area contributed by atoms with E-state index < -0.39 is 42.3 Å². The zero-order valence-corrected chi connectivity index (χ0v) is 15.8. The van der Waals surface area contributed by atoms with Gasteiger partial charge in [-0.2, -0.15) is 13.2 Å². The maximum absolute atomic E-state index is 14.8. The van der Waals surface area contributed by atoms with Crippen molar-refractivity contribution in [2.24, 2.45) is 5.92 Å². The maximum atomic E-state index is 14.8. The third kappa shape index (κ3) is 4.80. The molecule has 0 aromatic carbocycles. The Kier molecular flexibility index (Phi) is 6.48. The van der Waals surface area contributed by atoms with Crippen LogP contribution in [0.3, 0.4) is 0 Å². The standard InChI is InChI=1S/C17H28BF4NO3/c1-15(2)16(3,4)26-18(25-15)14(19)13(17(20,21)22)11-23-8-5-12(6-9-23)7-10-24/h12,24H,5-11H2,1-4H3. The fourth-order valence-corrected chi connectivity index (χ4v) is 3.23. The Bertz CT molecular complexity index is 513. The molecule has 2 saturated heterocycles. The van der Waals surface area contributed by atoms with E-state index in [1.807, 2.05) is 0 Å². The van der Waals surface area contributed by atoms with E-state index in [2.05, 4.69) is 0 Å². The lowest BCUT2D eigenvalue weighted by atomic mass is 9.84. The van der Waals surface area contributed by atoms with Crippen LogP contribution in [0.2, 0.25) is 0 Å². The van der Waals surface area contributed by atoms with Crippen LogP contribution in [0.5, 0.6) is 0 Å². The lowest BCUT2D eigenvalue weighted by Gasteiger charge is -2.32. The molecule has 2 aliphatic rings. The molecule has 0 spiro atoms. The highest BCUT2D eigenvalue weighted by atomic mass is 19.4. The van der Waals surface area contributed by atoms with Crippen LogP contribution in [-0.2, 0) is 9.31 Å². The number of piperidine rings is 1. The molecule has 4 nitrogen and oxygen atoms in total. The van der Waals surface area contributed by atoms with Gasteiger partial charge in [0.25, 0.3) is 0 Å². The van der Waals surface area contributed by atoms with Crippen molar-refractivity contribution in [1.29, 1.82) is 0 Å². The highest BCUT2D eigenvalue weighted by Gasteiger charge is 2.55. The van der Waals surface area contributed by atoms with Gasteiger partial charge < -0.3 is 14.4 Å². The minimum Gasteiger partial charge on any atom is -0.398 e. The first-order chi connectivity index (χ1) is 11.9. The Morgan fingerprint density at radius 1 is 1.12 bits per heavy atom. The van der Waals surface area contributed by atoms with Crippen LogP contribution in [0, 0.1) is 5.92 Å². The van der Waals surface area contributed by atoms with Crippen LogP contribution >= 0.6 is 0 Å². The summed E-state index contributed by atoms with van der Waals surface area (Å²) in [5.74, 6) is 0.308. The van der Waals surface area contributed by atoms with Gasteiger partial charge >= 0.3 is 13.3 Å². The van der Waals surface area contributed by atoms with Gasteiger partial charge in [-0.3, -0.25) is 4.90 Å². The van der Waals surface area contributed by atoms with Gasteiger partial charge in [-0.05, 0) is 66.0 Å². The van der Waals surface area contributed by atoms with Crippen LogP contribution in [-0.4, -0.2) is 60.7 Å². The molecule has 0 radical (unpaired) electrons. The number of alkyl halides is 3. The summed E-state index contributed by atoms with van der Waals surface area (Å²) < 4.78 is 66.1. The summed E-state index contributed by atoms with van der Waals surface area (Å²) in [6.07, 6.45) is -2.75. The number of hydrogen-bond acceptors (Lipinski definition) is 4. The lowest BCUT2D eigenvalue weighted by Crippen LogP contribution is -2.41. The largest absolute Gasteiger partial charge is 0.525 e. The molecular weight excluding hydrogens is 353 g/mol. The van der Waals surface area contributed by atoms with Crippen LogP contribution in [0.25, 0.3) is 0 Å². The molecule has 0 aromatic heterocycles. The summed E-state index contributed by atoms with van der Waals surface area (Å²) in [6, 6.07) is 0. The average Bonchev–Trinajstić information content (AvgIpc) is 2.73. The summed E-state index contributed by atoms with van der Waals surface area (Å²) in [6.45, 7) is 7.11. The van der Waals surface area contributed by atoms with Gasteiger partial charge in [0.1, 0.15) is 5.73 Å². The van der Waals surface area contributed by atoms with E-state index in [0.29, 0.717) is 38.3 Å². The highest BCUT2D eigenvalue weighted by Crippen LogP contribution is 2.41. The second-order valence-corrected chi connectivity index (χ2v) is 8.14. The normalized spacial score (nSPS) is 25.5. The van der Waals surface area contributed by atoms with Gasteiger partial charge in [-0.15, -0.1) is 0 Å². The number of aliphatic hydroxyl groups excluding tert-OH is 1. The van der Waals surface area contributed by atoms with Crippen molar-refractivity contribution in [3.05, 3.63) is 11.3 Å². The van der Waals surface area contributed by atoms with Crippen LogP contribution in [0.1, 0.15) is 47.0 Å². The second kappa shape index (κ2) is 7.77. The molecule has 0 aromatic rings. The molecule has 150 valence electrons. The first kappa shape index (κ1) is 21.7. The summed E-state index contributed by atoms with van der Waals surface area (Å²) >= 11 is 0. The Balaban J connectivity index is 2.14. The Morgan fingerprint density at radius 2 is 1.62 bits per heavy atom. The number of halogens is 4. The van der Waals surface area contributed by atoms with Crippen molar-refractivity contribution in [2.45, 2.75) is 64.3 Å². The smallest absolute Gasteiger partial charge is 0.398 e. The molecule has 2 rings (SSSR count). The van der Waals surface area contributed by atoms with Crippen molar-refractivity contribution in [3.8, 4) is 0 Å². The van der Waals surface area contributed by atoms with Crippen molar-refractivity contribution >= 4 is 7.12 Å². The fourth-order valence-electron chi connectivity index (χ4n) is 3.23. The monoisotopic (exact) mass is 381 g/mol. The van der Waals surface area contributed by atoms with Gasteiger partial charge in [-0.1, -0.05) is 0 Å². The van der Waals surface area contributed by atoms with E-state index in [1.165, 1.54) is 0 Å². The molecule has 26 heavy (non-hydrogen) atoms. The Morgan fingerprint density at radius 3 is 2.04 bits per heavy atom. The Labute approximate surface area is 152 Å². The minimum absolute atomic E-state index is 0.0783. The molecule has 1 N–H and O–H groups in total. The van der Waals surface area contributed by atoms with Crippen molar-refractivity contribution in [3.63, 3.8) is 0 Å². The first-order valence-corrected chi connectivity index (χ1v) is 9.02. The number of rotatable bonds is 5. The van der Waals surface area contributed by atoms with Crippen molar-refractivity contribution in [2.75, 3.05) is 26.2 Å². The summed E-state index contributed by atoms with van der Waals surface area (Å²) in [4.78, 5) is 1.60. The molecule has 0 amide bonds. The van der Waals surface area contributed by atoms with E-state index in [0.717, 1.165) is 0 Å². The summed E-state index contributed by atoms with van der Waals surface area (Å²) in [5.41, 5.74) is -4.45. The number of aliphatic hydroxyl groups is 1. The zero-order valence-electron chi connectivity index (χ0n) is 15.8. The zero-order chi connectivity index (χ0) is 19.8. The third-order valence-corrected chi connectivity index (χ3v) is 5.72. The minimum atomic E-state index is -4.80. The van der Waals surface area contributed by atoms with Crippen LogP contribution in [0.15, 0.2) is 11.3 Å². The highest BCUT2D eigenvalue weighted by molar-refractivity contribution is 6.53. The van der Waals surface area contributed by atoms with Gasteiger partial charge in [0, 0.05) is 13.2 Å². The van der Waals surface area contributed by atoms with Gasteiger partial charge in [0.2, 0.25) is 0 Å². The van der Waals surface area contributed by atoms with Crippen LogP contribution in [0.4, 0.5) is 17.6 Å². The number of nitrogens with zero attached hydrogens (tertiary/aromatic N) is 1. The SMILES string of the molecule is CC1(C)OB(C(F)=C(CN2CCC(CCO)CC2)C(F)(F)F)OC1(C)C. The van der Waals surface area contributed by atoms with E-state index in [9.17, 15) is 17.6 Å². The second-order valence-electron chi connectivity index (χ2n) is 8.14. The Hall–Kier alpha value is -0.635. The quantitative estimate of drug-likeness (QED) is 0.585. The van der Waals surface area contributed by atoms with E-state index in [-0.39, 0.29) is 6.61 Å². The molecule has 0 atom stereocenters. The first-order valence-electron chi connectivity index (χ1n) is 9.02. The van der Waals surface area contributed by atoms with Gasteiger partial charge in [0.15, 0.2) is 0 Å². The lowest BCUT2D eigenvalue weighted by molar-refractivity contribution is -0.0980. The fraction of sp³-hybridized carbons (Fsp3) is 0.882. The maximum Gasteiger partial charge on any atom is 0.525 e. The number of hydrogen-bond donors (Lipinski definition) is 1. The average molecular weight is 381 g/mol. The molecule has 0 bridgehead atoms. The molecule has 2 aliphatic heterocycles. The molecule has 0 unspecified atom stereocenters. The predicted octanol–water partition coefficient (Wildman–Crippen LogP) is 3.50. The molecule has 0 saturated carbocycles. The molecular formula is C17H28BF4NO3. The van der Waals surface area contributed by atoms with E-state index >= 15 is 0 Å². The third-order valence-electron chi connectivity index (χ3n) is 5.72. The molecule has 9 heteroatoms. The topological polar surface area (TPSA) is 41.9 Å².